The van der Waals surface area contributed by atoms with Crippen molar-refractivity contribution in [1.82, 2.24) is 4.98 Å². The molecule has 1 aromatic rings. The lowest BCUT2D eigenvalue weighted by atomic mass is 10.2. The van der Waals surface area contributed by atoms with Crippen molar-refractivity contribution in [3.05, 3.63) is 30.1 Å². The first-order valence-electron chi connectivity index (χ1n) is 4.42. The second-order valence-electron chi connectivity index (χ2n) is 3.43. The summed E-state index contributed by atoms with van der Waals surface area (Å²) in [5.41, 5.74) is 1.79. The molecular formula is C11H18N2. The zero-order valence-electron chi connectivity index (χ0n) is 8.59. The third-order valence-electron chi connectivity index (χ3n) is 1.17. The van der Waals surface area contributed by atoms with E-state index in [1.807, 2.05) is 6.07 Å². The van der Waals surface area contributed by atoms with Crippen LogP contribution in [0.2, 0.25) is 0 Å². The van der Waals surface area contributed by atoms with Gasteiger partial charge in [-0.25, -0.2) is 0 Å². The molecule has 0 bridgehead atoms. The summed E-state index contributed by atoms with van der Waals surface area (Å²) in [6.07, 6.45) is 4.78. The number of hydrogen-bond acceptors (Lipinski definition) is 1. The Morgan fingerprint density at radius 3 is 2.31 bits per heavy atom. The summed E-state index contributed by atoms with van der Waals surface area (Å²) >= 11 is 0. The van der Waals surface area contributed by atoms with Crippen molar-refractivity contribution in [3.8, 4) is 0 Å². The molecule has 0 fully saturated rings. The van der Waals surface area contributed by atoms with Crippen LogP contribution in [0.3, 0.4) is 0 Å². The van der Waals surface area contributed by atoms with Gasteiger partial charge in [0.25, 0.3) is 0 Å². The highest BCUT2D eigenvalue weighted by atomic mass is 14.7. The van der Waals surface area contributed by atoms with Gasteiger partial charge in [0, 0.05) is 23.7 Å². The molecule has 0 spiro atoms. The normalized spacial score (nSPS) is 8.92. The van der Waals surface area contributed by atoms with E-state index in [1.54, 1.807) is 12.3 Å². The summed E-state index contributed by atoms with van der Waals surface area (Å²) in [4.78, 5) is 2.94. The van der Waals surface area contributed by atoms with Gasteiger partial charge in [-0.1, -0.05) is 27.4 Å². The Kier molecular flexibility index (Phi) is 5.60. The monoisotopic (exact) mass is 178 g/mol. The number of H-pyrrole nitrogens is 1. The van der Waals surface area contributed by atoms with Gasteiger partial charge in [-0.05, 0) is 18.1 Å². The maximum Gasteiger partial charge on any atom is 0.0463 e. The number of hydrogen-bond donors (Lipinski definition) is 2. The van der Waals surface area contributed by atoms with E-state index >= 15 is 0 Å². The molecule has 0 atom stereocenters. The van der Waals surface area contributed by atoms with Crippen LogP contribution in [0.4, 0.5) is 0 Å². The van der Waals surface area contributed by atoms with E-state index in [-0.39, 0.29) is 0 Å². The van der Waals surface area contributed by atoms with Gasteiger partial charge in [-0.15, -0.1) is 0 Å². The van der Waals surface area contributed by atoms with E-state index in [1.165, 1.54) is 6.21 Å². The number of nitrogens with one attached hydrogen (secondary N) is 2. The SMILES string of the molecule is C=Cc1[nH]ccc1C=N.CC(C)C. The molecule has 0 amide bonds. The standard InChI is InChI=1S/C7H8N2.C4H10/c1-2-7-6(5-8)3-4-9-7;1-4(2)3/h2-5,8-9H,1H2;4H,1-3H3. The molecule has 0 aliphatic carbocycles. The maximum absolute atomic E-state index is 6.91. The van der Waals surface area contributed by atoms with Gasteiger partial charge >= 0.3 is 0 Å². The molecule has 0 aliphatic rings. The lowest BCUT2D eigenvalue weighted by molar-refractivity contribution is 0.737. The Balaban J connectivity index is 0.000000310. The highest BCUT2D eigenvalue weighted by Gasteiger charge is 1.92. The minimum atomic E-state index is 0.833. The quantitative estimate of drug-likeness (QED) is 0.652. The van der Waals surface area contributed by atoms with E-state index in [0.29, 0.717) is 0 Å². The summed E-state index contributed by atoms with van der Waals surface area (Å²) in [6.45, 7) is 10.1. The fourth-order valence-corrected chi connectivity index (χ4v) is 0.697. The van der Waals surface area contributed by atoms with Crippen LogP contribution < -0.4 is 0 Å². The van der Waals surface area contributed by atoms with Crippen molar-refractivity contribution in [2.45, 2.75) is 20.8 Å². The first kappa shape index (κ1) is 11.7. The fourth-order valence-electron chi connectivity index (χ4n) is 0.697. The molecule has 1 rings (SSSR count). The van der Waals surface area contributed by atoms with Gasteiger partial charge in [-0.2, -0.15) is 0 Å². The minimum absolute atomic E-state index is 0.833. The molecule has 0 unspecified atom stereocenters. The van der Waals surface area contributed by atoms with Crippen molar-refractivity contribution in [2.24, 2.45) is 5.92 Å². The van der Waals surface area contributed by atoms with Crippen molar-refractivity contribution in [2.75, 3.05) is 0 Å². The van der Waals surface area contributed by atoms with E-state index < -0.39 is 0 Å². The van der Waals surface area contributed by atoms with Crippen LogP contribution >= 0.6 is 0 Å². The molecular weight excluding hydrogens is 160 g/mol. The maximum atomic E-state index is 6.91. The fraction of sp³-hybridized carbons (Fsp3) is 0.364. The molecule has 0 saturated heterocycles. The van der Waals surface area contributed by atoms with Gasteiger partial charge in [0.05, 0.1) is 0 Å². The Bertz CT molecular complexity index is 234. The minimum Gasteiger partial charge on any atom is -0.361 e. The van der Waals surface area contributed by atoms with Gasteiger partial charge in [-0.3, -0.25) is 0 Å². The summed E-state index contributed by atoms with van der Waals surface area (Å²) in [7, 11) is 0. The van der Waals surface area contributed by atoms with Gasteiger partial charge in [0.2, 0.25) is 0 Å². The molecule has 2 heteroatoms. The predicted octanol–water partition coefficient (Wildman–Crippen LogP) is 3.32. The molecule has 2 nitrogen and oxygen atoms in total. The highest BCUT2D eigenvalue weighted by Crippen LogP contribution is 2.03. The van der Waals surface area contributed by atoms with Crippen molar-refractivity contribution in [1.29, 1.82) is 5.41 Å². The first-order chi connectivity index (χ1) is 6.11. The highest BCUT2D eigenvalue weighted by molar-refractivity contribution is 5.82. The molecule has 0 aliphatic heterocycles. The van der Waals surface area contributed by atoms with Crippen LogP contribution in [-0.4, -0.2) is 11.2 Å². The Labute approximate surface area is 80.2 Å². The number of aromatic amines is 1. The Morgan fingerprint density at radius 1 is 1.46 bits per heavy atom. The third-order valence-corrected chi connectivity index (χ3v) is 1.17. The Hall–Kier alpha value is -1.31. The zero-order chi connectivity index (χ0) is 10.3. The van der Waals surface area contributed by atoms with Gasteiger partial charge in [0.15, 0.2) is 0 Å². The first-order valence-corrected chi connectivity index (χ1v) is 4.42. The molecule has 0 aromatic carbocycles. The number of aromatic nitrogens is 1. The van der Waals surface area contributed by atoms with Crippen molar-refractivity contribution >= 4 is 12.3 Å². The lowest BCUT2D eigenvalue weighted by Gasteiger charge is -1.85. The second-order valence-corrected chi connectivity index (χ2v) is 3.43. The molecule has 1 aromatic heterocycles. The van der Waals surface area contributed by atoms with Crippen LogP contribution in [0.5, 0.6) is 0 Å². The van der Waals surface area contributed by atoms with Crippen LogP contribution in [0, 0.1) is 11.3 Å². The second kappa shape index (κ2) is 6.23. The van der Waals surface area contributed by atoms with Crippen LogP contribution in [-0.2, 0) is 0 Å². The molecule has 0 radical (unpaired) electrons. The summed E-state index contributed by atoms with van der Waals surface area (Å²) in [6, 6.07) is 1.84. The molecule has 0 saturated carbocycles. The van der Waals surface area contributed by atoms with E-state index in [4.69, 9.17) is 5.41 Å². The predicted molar refractivity (Wildman–Crippen MR) is 59.3 cm³/mol. The number of rotatable bonds is 2. The topological polar surface area (TPSA) is 39.6 Å². The molecule has 13 heavy (non-hydrogen) atoms. The van der Waals surface area contributed by atoms with Crippen LogP contribution in [0.1, 0.15) is 32.0 Å². The average molecular weight is 178 g/mol. The van der Waals surface area contributed by atoms with Crippen molar-refractivity contribution in [3.63, 3.8) is 0 Å². The average Bonchev–Trinajstić information content (AvgIpc) is 2.49. The largest absolute Gasteiger partial charge is 0.361 e. The molecule has 72 valence electrons. The van der Waals surface area contributed by atoms with Gasteiger partial charge < -0.3 is 10.4 Å². The third kappa shape index (κ3) is 5.01. The summed E-state index contributed by atoms with van der Waals surface area (Å²) in [5.74, 6) is 0.833. The zero-order valence-corrected chi connectivity index (χ0v) is 8.59. The lowest BCUT2D eigenvalue weighted by Crippen LogP contribution is -1.78. The van der Waals surface area contributed by atoms with Crippen LogP contribution in [0.15, 0.2) is 18.8 Å². The van der Waals surface area contributed by atoms with Gasteiger partial charge in [0.1, 0.15) is 0 Å². The van der Waals surface area contributed by atoms with Crippen LogP contribution in [0.25, 0.3) is 6.08 Å². The molecule has 1 heterocycles. The summed E-state index contributed by atoms with van der Waals surface area (Å²) < 4.78 is 0. The van der Waals surface area contributed by atoms with E-state index in [9.17, 15) is 0 Å². The Morgan fingerprint density at radius 2 is 2.00 bits per heavy atom. The molecule has 2 N–H and O–H groups in total. The summed E-state index contributed by atoms with van der Waals surface area (Å²) in [5, 5.41) is 6.91. The van der Waals surface area contributed by atoms with E-state index in [2.05, 4.69) is 32.3 Å². The van der Waals surface area contributed by atoms with E-state index in [0.717, 1.165) is 17.2 Å². The van der Waals surface area contributed by atoms with Crippen molar-refractivity contribution < 1.29 is 0 Å². The smallest absolute Gasteiger partial charge is 0.0463 e.